The highest BCUT2D eigenvalue weighted by atomic mass is 16.4. The fourth-order valence-corrected chi connectivity index (χ4v) is 2.38. The second kappa shape index (κ2) is 5.12. The van der Waals surface area contributed by atoms with E-state index in [1.807, 2.05) is 42.5 Å². The first kappa shape index (κ1) is 12.9. The lowest BCUT2D eigenvalue weighted by Gasteiger charge is -2.05. The Morgan fingerprint density at radius 1 is 1.15 bits per heavy atom. The Labute approximate surface area is 117 Å². The van der Waals surface area contributed by atoms with Crippen molar-refractivity contribution in [3.8, 4) is 11.1 Å². The lowest BCUT2D eigenvalue weighted by molar-refractivity contribution is 0.172. The summed E-state index contributed by atoms with van der Waals surface area (Å²) in [5.41, 5.74) is 9.68. The Morgan fingerprint density at radius 2 is 1.95 bits per heavy atom. The van der Waals surface area contributed by atoms with E-state index in [0.717, 1.165) is 27.7 Å². The molecule has 0 fully saturated rings. The highest BCUT2D eigenvalue weighted by Crippen LogP contribution is 2.32. The van der Waals surface area contributed by atoms with Gasteiger partial charge in [-0.25, -0.2) is 0 Å². The van der Waals surface area contributed by atoms with Gasteiger partial charge in [-0.3, -0.25) is 0 Å². The number of hydrogen-bond acceptors (Lipinski definition) is 3. The third kappa shape index (κ3) is 2.22. The number of nitrogens with two attached hydrogens (primary N) is 1. The molecule has 3 heteroatoms. The van der Waals surface area contributed by atoms with E-state index in [1.165, 1.54) is 0 Å². The van der Waals surface area contributed by atoms with Crippen LogP contribution in [0.25, 0.3) is 22.1 Å². The van der Waals surface area contributed by atoms with Crippen molar-refractivity contribution in [1.29, 1.82) is 0 Å². The fraction of sp³-hybridized carbons (Fsp3) is 0.176. The summed E-state index contributed by atoms with van der Waals surface area (Å²) in [5, 5.41) is 10.7. The van der Waals surface area contributed by atoms with Crippen LogP contribution in [0.2, 0.25) is 0 Å². The van der Waals surface area contributed by atoms with Crippen molar-refractivity contribution in [2.45, 2.75) is 19.6 Å². The van der Waals surface area contributed by atoms with Gasteiger partial charge in [-0.1, -0.05) is 36.4 Å². The van der Waals surface area contributed by atoms with Crippen molar-refractivity contribution in [3.05, 3.63) is 59.9 Å². The van der Waals surface area contributed by atoms with Crippen molar-refractivity contribution < 1.29 is 9.52 Å². The summed E-state index contributed by atoms with van der Waals surface area (Å²) in [6, 6.07) is 16.0. The molecule has 1 unspecified atom stereocenters. The largest absolute Gasteiger partial charge is 0.458 e. The van der Waals surface area contributed by atoms with Crippen molar-refractivity contribution in [2.75, 3.05) is 0 Å². The molecule has 3 aromatic rings. The molecule has 20 heavy (non-hydrogen) atoms. The van der Waals surface area contributed by atoms with E-state index in [1.54, 1.807) is 6.92 Å². The number of aliphatic hydroxyl groups is 1. The predicted molar refractivity (Wildman–Crippen MR) is 80.2 cm³/mol. The molecule has 102 valence electrons. The third-order valence-corrected chi connectivity index (χ3v) is 3.45. The normalized spacial score (nSPS) is 12.8. The molecule has 0 aliphatic carbocycles. The van der Waals surface area contributed by atoms with Crippen LogP contribution in [-0.4, -0.2) is 5.11 Å². The van der Waals surface area contributed by atoms with E-state index >= 15 is 0 Å². The monoisotopic (exact) mass is 267 g/mol. The molecule has 1 aromatic heterocycles. The minimum atomic E-state index is -0.606. The van der Waals surface area contributed by atoms with E-state index in [0.29, 0.717) is 12.3 Å². The van der Waals surface area contributed by atoms with Gasteiger partial charge < -0.3 is 15.3 Å². The van der Waals surface area contributed by atoms with Gasteiger partial charge in [0, 0.05) is 17.5 Å². The number of para-hydroxylation sites is 1. The summed E-state index contributed by atoms with van der Waals surface area (Å²) < 4.78 is 5.81. The van der Waals surface area contributed by atoms with E-state index in [2.05, 4.69) is 6.07 Å². The molecule has 0 aliphatic rings. The van der Waals surface area contributed by atoms with Crippen molar-refractivity contribution in [2.24, 2.45) is 5.73 Å². The number of benzene rings is 2. The first-order chi connectivity index (χ1) is 9.69. The molecule has 0 amide bonds. The van der Waals surface area contributed by atoms with Crippen LogP contribution in [0.5, 0.6) is 0 Å². The van der Waals surface area contributed by atoms with E-state index < -0.39 is 6.10 Å². The Kier molecular flexibility index (Phi) is 3.30. The fourth-order valence-electron chi connectivity index (χ4n) is 2.38. The summed E-state index contributed by atoms with van der Waals surface area (Å²) in [6.45, 7) is 2.22. The van der Waals surface area contributed by atoms with Gasteiger partial charge in [0.25, 0.3) is 0 Å². The first-order valence-electron chi connectivity index (χ1n) is 6.69. The van der Waals surface area contributed by atoms with E-state index in [4.69, 9.17) is 10.2 Å². The molecule has 0 spiro atoms. The Morgan fingerprint density at radius 3 is 2.70 bits per heavy atom. The predicted octanol–water partition coefficient (Wildman–Crippen LogP) is 3.61. The van der Waals surface area contributed by atoms with Crippen LogP contribution in [0.3, 0.4) is 0 Å². The van der Waals surface area contributed by atoms with Crippen LogP contribution < -0.4 is 5.73 Å². The average molecular weight is 267 g/mol. The number of furan rings is 1. The summed E-state index contributed by atoms with van der Waals surface area (Å²) in [4.78, 5) is 0. The maximum Gasteiger partial charge on any atom is 0.142 e. The molecular formula is C17H17NO2. The highest BCUT2D eigenvalue weighted by molar-refractivity contribution is 5.93. The quantitative estimate of drug-likeness (QED) is 0.762. The van der Waals surface area contributed by atoms with Crippen molar-refractivity contribution >= 4 is 11.0 Å². The van der Waals surface area contributed by atoms with E-state index in [9.17, 15) is 5.11 Å². The zero-order valence-corrected chi connectivity index (χ0v) is 11.3. The molecule has 3 N–H and O–H groups in total. The van der Waals surface area contributed by atoms with Gasteiger partial charge >= 0.3 is 0 Å². The summed E-state index contributed by atoms with van der Waals surface area (Å²) in [5.74, 6) is 0.586. The molecule has 0 radical (unpaired) electrons. The van der Waals surface area contributed by atoms with Gasteiger partial charge in [-0.15, -0.1) is 0 Å². The standard InChI is InChI=1S/C17H17NO2/c1-11(19)16-9-14-6-3-7-15(17(14)20-16)13-5-2-4-12(8-13)10-18/h2-9,11,19H,10,18H2,1H3. The summed E-state index contributed by atoms with van der Waals surface area (Å²) >= 11 is 0. The van der Waals surface area contributed by atoms with Crippen LogP contribution in [0.15, 0.2) is 52.9 Å². The molecule has 2 aromatic carbocycles. The van der Waals surface area contributed by atoms with Gasteiger partial charge in [0.1, 0.15) is 17.4 Å². The minimum absolute atomic E-state index is 0.515. The highest BCUT2D eigenvalue weighted by Gasteiger charge is 2.12. The second-order valence-electron chi connectivity index (χ2n) is 4.95. The zero-order chi connectivity index (χ0) is 14.1. The summed E-state index contributed by atoms with van der Waals surface area (Å²) in [6.07, 6.45) is -0.606. The number of aliphatic hydroxyl groups excluding tert-OH is 1. The Hall–Kier alpha value is -2.10. The third-order valence-electron chi connectivity index (χ3n) is 3.45. The molecule has 3 rings (SSSR count). The lowest BCUT2D eigenvalue weighted by atomic mass is 10.0. The molecule has 0 saturated carbocycles. The minimum Gasteiger partial charge on any atom is -0.458 e. The van der Waals surface area contributed by atoms with Crippen LogP contribution in [-0.2, 0) is 6.54 Å². The van der Waals surface area contributed by atoms with Gasteiger partial charge in [-0.2, -0.15) is 0 Å². The average Bonchev–Trinajstić information content (AvgIpc) is 2.91. The van der Waals surface area contributed by atoms with Crippen LogP contribution in [0.1, 0.15) is 24.4 Å². The maximum atomic E-state index is 9.66. The van der Waals surface area contributed by atoms with Gasteiger partial charge in [-0.05, 0) is 30.2 Å². The van der Waals surface area contributed by atoms with Crippen LogP contribution in [0, 0.1) is 0 Å². The Bertz CT molecular complexity index is 744. The molecule has 0 bridgehead atoms. The first-order valence-corrected chi connectivity index (χ1v) is 6.69. The number of fused-ring (bicyclic) bond motifs is 1. The molecule has 3 nitrogen and oxygen atoms in total. The molecule has 0 saturated heterocycles. The van der Waals surface area contributed by atoms with Crippen LogP contribution in [0.4, 0.5) is 0 Å². The lowest BCUT2D eigenvalue weighted by Crippen LogP contribution is -1.95. The van der Waals surface area contributed by atoms with Crippen LogP contribution >= 0.6 is 0 Å². The smallest absolute Gasteiger partial charge is 0.142 e. The van der Waals surface area contributed by atoms with Gasteiger partial charge in [0.05, 0.1) is 0 Å². The van der Waals surface area contributed by atoms with Crippen molar-refractivity contribution in [3.63, 3.8) is 0 Å². The van der Waals surface area contributed by atoms with Gasteiger partial charge in [0.15, 0.2) is 0 Å². The van der Waals surface area contributed by atoms with E-state index in [-0.39, 0.29) is 0 Å². The zero-order valence-electron chi connectivity index (χ0n) is 11.3. The van der Waals surface area contributed by atoms with Crippen molar-refractivity contribution in [1.82, 2.24) is 0 Å². The molecule has 1 heterocycles. The molecular weight excluding hydrogens is 250 g/mol. The maximum absolute atomic E-state index is 9.66. The number of rotatable bonds is 3. The van der Waals surface area contributed by atoms with Gasteiger partial charge in [0.2, 0.25) is 0 Å². The summed E-state index contributed by atoms with van der Waals surface area (Å²) in [7, 11) is 0. The molecule has 0 aliphatic heterocycles. The topological polar surface area (TPSA) is 59.4 Å². The second-order valence-corrected chi connectivity index (χ2v) is 4.95. The molecule has 1 atom stereocenters. The Balaban J connectivity index is 2.19. The number of hydrogen-bond donors (Lipinski definition) is 2. The SMILES string of the molecule is CC(O)c1cc2cccc(-c3cccc(CN)c3)c2o1.